The minimum atomic E-state index is -0.585. The second kappa shape index (κ2) is 3.71. The van der Waals surface area contributed by atoms with Crippen LogP contribution in [-0.4, -0.2) is 15.9 Å². The Labute approximate surface area is 102 Å². The number of hydrogen-bond acceptors (Lipinski definition) is 4. The topological polar surface area (TPSA) is 110 Å². The van der Waals surface area contributed by atoms with Gasteiger partial charge in [0.05, 0.1) is 5.52 Å². The Morgan fingerprint density at radius 2 is 2.06 bits per heavy atom. The van der Waals surface area contributed by atoms with E-state index in [1.165, 1.54) is 0 Å². The molecule has 6 N–H and O–H groups in total. The highest BCUT2D eigenvalue weighted by molar-refractivity contribution is 6.12. The number of aromatic nitrogens is 2. The molecular formula is C12H11N5O. The number of aromatic amines is 1. The minimum Gasteiger partial charge on any atom is -0.364 e. The SMILES string of the molecule is NNc1nc(C(N)=O)cc2c1[nH]c1ccccc12. The smallest absolute Gasteiger partial charge is 0.267 e. The highest BCUT2D eigenvalue weighted by atomic mass is 16.1. The van der Waals surface area contributed by atoms with Crippen LogP contribution < -0.4 is 17.0 Å². The van der Waals surface area contributed by atoms with E-state index in [4.69, 9.17) is 11.6 Å². The predicted molar refractivity (Wildman–Crippen MR) is 69.9 cm³/mol. The first-order valence-corrected chi connectivity index (χ1v) is 5.38. The van der Waals surface area contributed by atoms with Gasteiger partial charge in [0.2, 0.25) is 0 Å². The normalized spacial score (nSPS) is 10.9. The van der Waals surface area contributed by atoms with Crippen molar-refractivity contribution in [1.29, 1.82) is 0 Å². The van der Waals surface area contributed by atoms with Gasteiger partial charge in [-0.05, 0) is 12.1 Å². The van der Waals surface area contributed by atoms with E-state index in [-0.39, 0.29) is 5.69 Å². The highest BCUT2D eigenvalue weighted by Gasteiger charge is 2.13. The van der Waals surface area contributed by atoms with Crippen LogP contribution in [-0.2, 0) is 0 Å². The standard InChI is InChI=1S/C12H11N5O/c13-11(18)9-5-7-6-3-1-2-4-8(6)15-10(7)12(16-9)17-14/h1-5,15H,14H2,(H2,13,18)(H,16,17). The van der Waals surface area contributed by atoms with E-state index in [0.29, 0.717) is 5.82 Å². The molecule has 3 aromatic rings. The lowest BCUT2D eigenvalue weighted by Crippen LogP contribution is -2.16. The van der Waals surface area contributed by atoms with Gasteiger partial charge in [-0.1, -0.05) is 18.2 Å². The first kappa shape index (κ1) is 10.5. The molecule has 0 spiro atoms. The Kier molecular flexibility index (Phi) is 2.17. The van der Waals surface area contributed by atoms with Gasteiger partial charge < -0.3 is 16.1 Å². The number of amides is 1. The number of primary amides is 1. The number of carbonyl (C=O) groups is 1. The van der Waals surface area contributed by atoms with Gasteiger partial charge in [0.15, 0.2) is 5.82 Å². The third-order valence-corrected chi connectivity index (χ3v) is 2.89. The second-order valence-electron chi connectivity index (χ2n) is 3.96. The molecule has 2 heterocycles. The molecule has 0 bridgehead atoms. The van der Waals surface area contributed by atoms with Crippen LogP contribution in [0.4, 0.5) is 5.82 Å². The molecule has 0 radical (unpaired) electrons. The van der Waals surface area contributed by atoms with Crippen molar-refractivity contribution in [2.24, 2.45) is 11.6 Å². The van der Waals surface area contributed by atoms with Crippen LogP contribution in [0.15, 0.2) is 30.3 Å². The lowest BCUT2D eigenvalue weighted by atomic mass is 10.1. The molecule has 6 heteroatoms. The molecule has 1 aromatic carbocycles. The van der Waals surface area contributed by atoms with Crippen molar-refractivity contribution in [3.05, 3.63) is 36.0 Å². The van der Waals surface area contributed by atoms with Crippen LogP contribution in [0.5, 0.6) is 0 Å². The molecule has 3 rings (SSSR count). The summed E-state index contributed by atoms with van der Waals surface area (Å²) < 4.78 is 0. The van der Waals surface area contributed by atoms with E-state index in [0.717, 1.165) is 21.8 Å². The zero-order valence-corrected chi connectivity index (χ0v) is 9.40. The van der Waals surface area contributed by atoms with Gasteiger partial charge >= 0.3 is 0 Å². The van der Waals surface area contributed by atoms with Gasteiger partial charge in [-0.2, -0.15) is 0 Å². The summed E-state index contributed by atoms with van der Waals surface area (Å²) in [5, 5.41) is 1.86. The number of nitrogen functional groups attached to an aromatic ring is 1. The number of pyridine rings is 1. The van der Waals surface area contributed by atoms with Crippen LogP contribution in [0, 0.1) is 0 Å². The molecule has 18 heavy (non-hydrogen) atoms. The van der Waals surface area contributed by atoms with Crippen molar-refractivity contribution >= 4 is 33.5 Å². The van der Waals surface area contributed by atoms with E-state index in [1.807, 2.05) is 24.3 Å². The summed E-state index contributed by atoms with van der Waals surface area (Å²) in [7, 11) is 0. The maximum atomic E-state index is 11.3. The molecule has 2 aromatic heterocycles. The number of nitrogens with one attached hydrogen (secondary N) is 2. The van der Waals surface area contributed by atoms with Crippen molar-refractivity contribution in [3.8, 4) is 0 Å². The molecular weight excluding hydrogens is 230 g/mol. The zero-order valence-electron chi connectivity index (χ0n) is 9.40. The highest BCUT2D eigenvalue weighted by Crippen LogP contribution is 2.29. The molecule has 0 aliphatic heterocycles. The van der Waals surface area contributed by atoms with E-state index in [2.05, 4.69) is 15.4 Å². The number of nitrogens with two attached hydrogens (primary N) is 2. The number of carbonyl (C=O) groups excluding carboxylic acids is 1. The van der Waals surface area contributed by atoms with Crippen molar-refractivity contribution in [2.75, 3.05) is 5.43 Å². The Hall–Kier alpha value is -2.60. The predicted octanol–water partition coefficient (Wildman–Crippen LogP) is 1.10. The summed E-state index contributed by atoms with van der Waals surface area (Å²) in [6.45, 7) is 0. The third kappa shape index (κ3) is 1.40. The van der Waals surface area contributed by atoms with Gasteiger partial charge in [0.25, 0.3) is 5.91 Å². The van der Waals surface area contributed by atoms with Gasteiger partial charge in [0.1, 0.15) is 5.69 Å². The van der Waals surface area contributed by atoms with Crippen LogP contribution in [0.25, 0.3) is 21.8 Å². The van der Waals surface area contributed by atoms with Gasteiger partial charge in [-0.15, -0.1) is 0 Å². The van der Waals surface area contributed by atoms with E-state index >= 15 is 0 Å². The number of rotatable bonds is 2. The number of hydrazine groups is 1. The van der Waals surface area contributed by atoms with Gasteiger partial charge in [-0.3, -0.25) is 4.79 Å². The molecule has 0 aliphatic rings. The summed E-state index contributed by atoms with van der Waals surface area (Å²) in [4.78, 5) is 18.5. The summed E-state index contributed by atoms with van der Waals surface area (Å²) in [5.41, 5.74) is 9.62. The van der Waals surface area contributed by atoms with Crippen LogP contribution in [0.3, 0.4) is 0 Å². The lowest BCUT2D eigenvalue weighted by Gasteiger charge is -2.03. The first-order valence-electron chi connectivity index (χ1n) is 5.38. The number of para-hydroxylation sites is 1. The molecule has 0 saturated heterocycles. The molecule has 6 nitrogen and oxygen atoms in total. The Morgan fingerprint density at radius 1 is 1.28 bits per heavy atom. The summed E-state index contributed by atoms with van der Waals surface area (Å²) in [6.07, 6.45) is 0. The van der Waals surface area contributed by atoms with E-state index in [1.54, 1.807) is 6.07 Å². The average molecular weight is 241 g/mol. The lowest BCUT2D eigenvalue weighted by molar-refractivity contribution is 0.0996. The molecule has 1 amide bonds. The first-order chi connectivity index (χ1) is 8.70. The molecule has 0 saturated carbocycles. The fourth-order valence-corrected chi connectivity index (χ4v) is 2.08. The molecule has 0 aliphatic carbocycles. The van der Waals surface area contributed by atoms with Gasteiger partial charge in [0, 0.05) is 16.3 Å². The number of nitrogens with zero attached hydrogens (tertiary/aromatic N) is 1. The van der Waals surface area contributed by atoms with Crippen LogP contribution in [0.1, 0.15) is 10.5 Å². The Morgan fingerprint density at radius 3 is 2.78 bits per heavy atom. The van der Waals surface area contributed by atoms with Crippen molar-refractivity contribution in [3.63, 3.8) is 0 Å². The summed E-state index contributed by atoms with van der Waals surface area (Å²) in [6, 6.07) is 9.42. The van der Waals surface area contributed by atoms with Crippen molar-refractivity contribution < 1.29 is 4.79 Å². The van der Waals surface area contributed by atoms with Crippen molar-refractivity contribution in [1.82, 2.24) is 9.97 Å². The second-order valence-corrected chi connectivity index (χ2v) is 3.96. The number of hydrogen-bond donors (Lipinski definition) is 4. The maximum Gasteiger partial charge on any atom is 0.267 e. The monoisotopic (exact) mass is 241 g/mol. The Bertz CT molecular complexity index is 762. The van der Waals surface area contributed by atoms with E-state index in [9.17, 15) is 4.79 Å². The molecule has 0 fully saturated rings. The Balaban J connectivity index is 2.48. The largest absolute Gasteiger partial charge is 0.364 e. The van der Waals surface area contributed by atoms with Crippen molar-refractivity contribution in [2.45, 2.75) is 0 Å². The zero-order chi connectivity index (χ0) is 12.7. The number of anilines is 1. The fourth-order valence-electron chi connectivity index (χ4n) is 2.08. The van der Waals surface area contributed by atoms with Crippen LogP contribution in [0.2, 0.25) is 0 Å². The number of benzene rings is 1. The fraction of sp³-hybridized carbons (Fsp3) is 0. The quantitative estimate of drug-likeness (QED) is 0.397. The van der Waals surface area contributed by atoms with Gasteiger partial charge in [-0.25, -0.2) is 10.8 Å². The van der Waals surface area contributed by atoms with E-state index < -0.39 is 5.91 Å². The maximum absolute atomic E-state index is 11.3. The number of H-pyrrole nitrogens is 1. The molecule has 0 atom stereocenters. The summed E-state index contributed by atoms with van der Waals surface area (Å²) in [5.74, 6) is 5.24. The minimum absolute atomic E-state index is 0.181. The summed E-state index contributed by atoms with van der Waals surface area (Å²) >= 11 is 0. The molecule has 90 valence electrons. The third-order valence-electron chi connectivity index (χ3n) is 2.89. The van der Waals surface area contributed by atoms with Crippen LogP contribution >= 0.6 is 0 Å². The molecule has 0 unspecified atom stereocenters. The number of fused-ring (bicyclic) bond motifs is 3. The average Bonchev–Trinajstić information content (AvgIpc) is 2.76.